The average Bonchev–Trinajstić information content (AvgIpc) is 2.99. The topological polar surface area (TPSA) is 82.8 Å². The van der Waals surface area contributed by atoms with Crippen molar-refractivity contribution < 1.29 is 19.3 Å². The molecule has 0 radical (unpaired) electrons. The Morgan fingerprint density at radius 2 is 1.64 bits per heavy atom. The third kappa shape index (κ3) is 2.64. The standard InChI is InChI=1S/C19H30N2O4/c20-10-17(22)21-11-12-1-3-18(4-2-12)23-19(25-24-18)15-6-13-5-14(8-15)9-16(19)7-13/h12-16H,1-11,20H2,(H,21,22). The van der Waals surface area contributed by atoms with Gasteiger partial charge in [0.1, 0.15) is 0 Å². The van der Waals surface area contributed by atoms with Crippen LogP contribution in [0.15, 0.2) is 0 Å². The molecule has 0 aromatic rings. The van der Waals surface area contributed by atoms with Crippen LogP contribution in [0.3, 0.4) is 0 Å². The van der Waals surface area contributed by atoms with Gasteiger partial charge in [0.25, 0.3) is 0 Å². The molecule has 140 valence electrons. The van der Waals surface area contributed by atoms with E-state index in [2.05, 4.69) is 5.32 Å². The van der Waals surface area contributed by atoms with E-state index in [1.165, 1.54) is 32.1 Å². The van der Waals surface area contributed by atoms with E-state index < -0.39 is 11.6 Å². The van der Waals surface area contributed by atoms with E-state index in [1.54, 1.807) is 0 Å². The van der Waals surface area contributed by atoms with E-state index in [4.69, 9.17) is 20.2 Å². The number of rotatable bonds is 3. The predicted molar refractivity (Wildman–Crippen MR) is 89.8 cm³/mol. The van der Waals surface area contributed by atoms with Gasteiger partial charge in [-0.05, 0) is 62.7 Å². The van der Waals surface area contributed by atoms with Crippen LogP contribution in [0, 0.1) is 29.6 Å². The van der Waals surface area contributed by atoms with Crippen LogP contribution in [-0.2, 0) is 19.3 Å². The minimum Gasteiger partial charge on any atom is -0.355 e. The lowest BCUT2D eigenvalue weighted by Crippen LogP contribution is -2.59. The third-order valence-electron chi connectivity index (χ3n) is 7.59. The molecule has 6 fully saturated rings. The average molecular weight is 350 g/mol. The quantitative estimate of drug-likeness (QED) is 0.762. The molecule has 0 aromatic carbocycles. The predicted octanol–water partition coefficient (Wildman–Crippen LogP) is 2.08. The van der Waals surface area contributed by atoms with Gasteiger partial charge in [-0.2, -0.15) is 9.78 Å². The molecule has 3 N–H and O–H groups in total. The van der Waals surface area contributed by atoms with Crippen molar-refractivity contribution in [3.63, 3.8) is 0 Å². The molecule has 0 aromatic heterocycles. The van der Waals surface area contributed by atoms with Gasteiger partial charge in [-0.15, -0.1) is 0 Å². The number of ether oxygens (including phenoxy) is 1. The van der Waals surface area contributed by atoms with Crippen molar-refractivity contribution in [3.05, 3.63) is 0 Å². The summed E-state index contributed by atoms with van der Waals surface area (Å²) in [5, 5.41) is 2.90. The highest BCUT2D eigenvalue weighted by atomic mass is 17.3. The molecule has 0 unspecified atom stereocenters. The molecule has 6 aliphatic rings. The van der Waals surface area contributed by atoms with Gasteiger partial charge < -0.3 is 15.8 Å². The highest BCUT2D eigenvalue weighted by Crippen LogP contribution is 2.63. The Labute approximate surface area is 149 Å². The maximum absolute atomic E-state index is 11.3. The van der Waals surface area contributed by atoms with Crippen molar-refractivity contribution in [1.29, 1.82) is 0 Å². The molecular formula is C19H30N2O4. The molecule has 2 spiro atoms. The second kappa shape index (κ2) is 5.91. The second-order valence-electron chi connectivity index (χ2n) is 9.16. The molecule has 4 bridgehead atoms. The highest BCUT2D eigenvalue weighted by molar-refractivity contribution is 5.77. The van der Waals surface area contributed by atoms with E-state index in [1.807, 2.05) is 0 Å². The monoisotopic (exact) mass is 350 g/mol. The molecule has 6 heteroatoms. The SMILES string of the molecule is NCC(=O)NCC1CCC2(CC1)OOC1(O2)C2CC3CC(C2)CC1C3. The number of hydrogen-bond acceptors (Lipinski definition) is 5. The molecule has 5 saturated carbocycles. The van der Waals surface area contributed by atoms with Crippen molar-refractivity contribution >= 4 is 5.91 Å². The first-order valence-electron chi connectivity index (χ1n) is 10.1. The van der Waals surface area contributed by atoms with Crippen LogP contribution in [0.5, 0.6) is 0 Å². The van der Waals surface area contributed by atoms with Gasteiger partial charge in [-0.1, -0.05) is 0 Å². The van der Waals surface area contributed by atoms with Crippen molar-refractivity contribution in [2.24, 2.45) is 35.3 Å². The minimum absolute atomic E-state index is 0.0595. The fourth-order valence-electron chi connectivity index (χ4n) is 6.45. The fourth-order valence-corrected chi connectivity index (χ4v) is 6.45. The first-order valence-corrected chi connectivity index (χ1v) is 10.1. The molecule has 1 amide bonds. The van der Waals surface area contributed by atoms with Crippen LogP contribution < -0.4 is 11.1 Å². The number of hydrogen-bond donors (Lipinski definition) is 2. The molecule has 1 aliphatic heterocycles. The summed E-state index contributed by atoms with van der Waals surface area (Å²) in [7, 11) is 0. The summed E-state index contributed by atoms with van der Waals surface area (Å²) < 4.78 is 6.70. The summed E-state index contributed by atoms with van der Waals surface area (Å²) in [5.74, 6) is 2.19. The molecule has 25 heavy (non-hydrogen) atoms. The lowest BCUT2D eigenvalue weighted by Gasteiger charge is -2.57. The van der Waals surface area contributed by atoms with Gasteiger partial charge in [0.05, 0.1) is 6.54 Å². The Bertz CT molecular complexity index is 516. The summed E-state index contributed by atoms with van der Waals surface area (Å²) in [6.07, 6.45) is 10.1. The molecule has 1 heterocycles. The Balaban J connectivity index is 1.22. The molecule has 0 atom stereocenters. The number of carbonyl (C=O) groups excluding carboxylic acids is 1. The Morgan fingerprint density at radius 1 is 1.00 bits per heavy atom. The Hall–Kier alpha value is -0.690. The maximum atomic E-state index is 11.3. The highest BCUT2D eigenvalue weighted by Gasteiger charge is 2.66. The van der Waals surface area contributed by atoms with Crippen molar-refractivity contribution in [3.8, 4) is 0 Å². The normalized spacial score (nSPS) is 50.7. The lowest BCUT2D eigenvalue weighted by atomic mass is 9.53. The van der Waals surface area contributed by atoms with Crippen LogP contribution in [-0.4, -0.2) is 30.6 Å². The van der Waals surface area contributed by atoms with Crippen LogP contribution in [0.2, 0.25) is 0 Å². The van der Waals surface area contributed by atoms with Gasteiger partial charge in [0.15, 0.2) is 0 Å². The molecule has 5 aliphatic carbocycles. The van der Waals surface area contributed by atoms with Crippen LogP contribution in [0.1, 0.15) is 57.8 Å². The molecule has 6 nitrogen and oxygen atoms in total. The zero-order chi connectivity index (χ0) is 17.1. The van der Waals surface area contributed by atoms with Gasteiger partial charge in [-0.25, -0.2) is 0 Å². The first-order chi connectivity index (χ1) is 12.1. The second-order valence-corrected chi connectivity index (χ2v) is 9.16. The van der Waals surface area contributed by atoms with E-state index in [9.17, 15) is 4.79 Å². The van der Waals surface area contributed by atoms with Gasteiger partial charge in [-0.3, -0.25) is 4.79 Å². The molecule has 1 saturated heterocycles. The van der Waals surface area contributed by atoms with Crippen LogP contribution >= 0.6 is 0 Å². The zero-order valence-corrected chi connectivity index (χ0v) is 14.9. The molecular weight excluding hydrogens is 320 g/mol. The summed E-state index contributed by atoms with van der Waals surface area (Å²) >= 11 is 0. The Kier molecular flexibility index (Phi) is 3.90. The Morgan fingerprint density at radius 3 is 2.24 bits per heavy atom. The fraction of sp³-hybridized carbons (Fsp3) is 0.947. The number of nitrogens with two attached hydrogens (primary N) is 1. The first kappa shape index (κ1) is 16.5. The van der Waals surface area contributed by atoms with E-state index >= 15 is 0 Å². The minimum atomic E-state index is -0.552. The van der Waals surface area contributed by atoms with Gasteiger partial charge in [0.2, 0.25) is 17.5 Å². The van der Waals surface area contributed by atoms with E-state index in [-0.39, 0.29) is 12.5 Å². The number of amides is 1. The summed E-state index contributed by atoms with van der Waals surface area (Å²) in [5.41, 5.74) is 5.35. The van der Waals surface area contributed by atoms with E-state index in [0.29, 0.717) is 24.3 Å². The van der Waals surface area contributed by atoms with Crippen molar-refractivity contribution in [2.75, 3.05) is 13.1 Å². The van der Waals surface area contributed by atoms with Crippen LogP contribution in [0.4, 0.5) is 0 Å². The van der Waals surface area contributed by atoms with Gasteiger partial charge in [0, 0.05) is 31.2 Å². The zero-order valence-electron chi connectivity index (χ0n) is 14.9. The number of carbonyl (C=O) groups is 1. The smallest absolute Gasteiger partial charge is 0.233 e. The largest absolute Gasteiger partial charge is 0.355 e. The van der Waals surface area contributed by atoms with E-state index in [0.717, 1.165) is 37.5 Å². The number of nitrogens with one attached hydrogen (secondary N) is 1. The third-order valence-corrected chi connectivity index (χ3v) is 7.59. The van der Waals surface area contributed by atoms with Crippen molar-refractivity contribution in [1.82, 2.24) is 5.32 Å². The van der Waals surface area contributed by atoms with Crippen molar-refractivity contribution in [2.45, 2.75) is 69.4 Å². The van der Waals surface area contributed by atoms with Gasteiger partial charge >= 0.3 is 0 Å². The summed E-state index contributed by atoms with van der Waals surface area (Å²) in [6.45, 7) is 0.761. The lowest BCUT2D eigenvalue weighted by molar-refractivity contribution is -0.390. The summed E-state index contributed by atoms with van der Waals surface area (Å²) in [4.78, 5) is 23.3. The maximum Gasteiger partial charge on any atom is 0.233 e. The summed E-state index contributed by atoms with van der Waals surface area (Å²) in [6, 6.07) is 0. The van der Waals surface area contributed by atoms with Crippen LogP contribution in [0.25, 0.3) is 0 Å². The molecule has 6 rings (SSSR count).